The molecule has 0 saturated heterocycles. The van der Waals surface area contributed by atoms with Crippen LogP contribution in [0.15, 0.2) is 187 Å². The Labute approximate surface area is 321 Å². The number of allylic oxidation sites excluding steroid dienone is 1. The third-order valence-electron chi connectivity index (χ3n) is 11.8. The van der Waals surface area contributed by atoms with Crippen molar-refractivity contribution in [2.75, 3.05) is 0 Å². The van der Waals surface area contributed by atoms with Gasteiger partial charge in [-0.15, -0.1) is 0 Å². The lowest BCUT2D eigenvalue weighted by atomic mass is 9.81. The van der Waals surface area contributed by atoms with E-state index in [1.165, 1.54) is 65.9 Å². The summed E-state index contributed by atoms with van der Waals surface area (Å²) >= 11 is 0. The Morgan fingerprint density at radius 3 is 1.84 bits per heavy atom. The van der Waals surface area contributed by atoms with E-state index in [-0.39, 0.29) is 5.41 Å². The highest BCUT2D eigenvalue weighted by Gasteiger charge is 2.38. The van der Waals surface area contributed by atoms with Crippen molar-refractivity contribution in [2.45, 2.75) is 25.7 Å². The van der Waals surface area contributed by atoms with E-state index in [0.29, 0.717) is 12.3 Å². The number of nitrogens with two attached hydrogens (primary N) is 1. The lowest BCUT2D eigenvalue weighted by Crippen LogP contribution is -2.14. The van der Waals surface area contributed by atoms with Gasteiger partial charge in [0.15, 0.2) is 0 Å². The van der Waals surface area contributed by atoms with E-state index in [9.17, 15) is 0 Å². The molecule has 55 heavy (non-hydrogen) atoms. The molecule has 0 aromatic heterocycles. The van der Waals surface area contributed by atoms with Gasteiger partial charge in [0.1, 0.15) is 5.84 Å². The summed E-state index contributed by atoms with van der Waals surface area (Å²) in [5.41, 5.74) is 18.9. The predicted molar refractivity (Wildman–Crippen MR) is 235 cm³/mol. The number of aliphatic imine (C=N–C) groups is 1. The Balaban J connectivity index is 1.18. The Hall–Kier alpha value is -6.77. The summed E-state index contributed by atoms with van der Waals surface area (Å²) in [5.74, 6) is 0.501. The van der Waals surface area contributed by atoms with Crippen molar-refractivity contribution in [3.05, 3.63) is 210 Å². The van der Waals surface area contributed by atoms with Crippen molar-refractivity contribution in [1.82, 2.24) is 0 Å². The molecule has 0 atom stereocenters. The van der Waals surface area contributed by atoms with Crippen molar-refractivity contribution in [1.29, 1.82) is 0 Å². The Kier molecular flexibility index (Phi) is 7.74. The lowest BCUT2D eigenvalue weighted by Gasteiger charge is -2.22. The molecule has 0 amide bonds. The van der Waals surface area contributed by atoms with Gasteiger partial charge < -0.3 is 5.73 Å². The molecular weight excluding hydrogens is 665 g/mol. The molecule has 9 aromatic rings. The second kappa shape index (κ2) is 13.0. The first-order valence-electron chi connectivity index (χ1n) is 19.1. The number of hydrogen-bond donors (Lipinski definition) is 1. The van der Waals surface area contributed by atoms with Gasteiger partial charge >= 0.3 is 0 Å². The summed E-state index contributed by atoms with van der Waals surface area (Å²) in [6.07, 6.45) is 2.97. The van der Waals surface area contributed by atoms with Gasteiger partial charge in [-0.05, 0) is 88.5 Å². The fourth-order valence-corrected chi connectivity index (χ4v) is 9.06. The molecule has 10 rings (SSSR count). The zero-order valence-corrected chi connectivity index (χ0v) is 31.1. The number of amidine groups is 1. The zero-order chi connectivity index (χ0) is 37.1. The summed E-state index contributed by atoms with van der Waals surface area (Å²) in [4.78, 5) is 5.31. The second-order valence-corrected chi connectivity index (χ2v) is 15.2. The molecule has 0 aliphatic heterocycles. The summed E-state index contributed by atoms with van der Waals surface area (Å²) < 4.78 is 0. The number of nitrogens with zero attached hydrogens (tertiary/aromatic N) is 1. The smallest absolute Gasteiger partial charge is 0.131 e. The van der Waals surface area contributed by atoms with Gasteiger partial charge in [-0.3, -0.25) is 0 Å². The minimum atomic E-state index is -0.119. The van der Waals surface area contributed by atoms with Gasteiger partial charge in [-0.2, -0.15) is 0 Å². The number of hydrogen-bond acceptors (Lipinski definition) is 1. The van der Waals surface area contributed by atoms with Crippen LogP contribution in [0.3, 0.4) is 0 Å². The van der Waals surface area contributed by atoms with Gasteiger partial charge in [0.05, 0.1) is 5.70 Å². The first kappa shape index (κ1) is 32.8. The Bertz CT molecular complexity index is 3040. The molecule has 0 saturated carbocycles. The van der Waals surface area contributed by atoms with Crippen molar-refractivity contribution >= 4 is 54.6 Å². The predicted octanol–water partition coefficient (Wildman–Crippen LogP) is 13.3. The van der Waals surface area contributed by atoms with Gasteiger partial charge in [-0.1, -0.05) is 196 Å². The van der Waals surface area contributed by atoms with E-state index in [1.54, 1.807) is 0 Å². The topological polar surface area (TPSA) is 38.4 Å². The van der Waals surface area contributed by atoms with Crippen LogP contribution >= 0.6 is 0 Å². The minimum absolute atomic E-state index is 0.119. The molecule has 0 heterocycles. The van der Waals surface area contributed by atoms with Crippen LogP contribution < -0.4 is 5.73 Å². The van der Waals surface area contributed by atoms with Gasteiger partial charge in [0.25, 0.3) is 0 Å². The van der Waals surface area contributed by atoms with Crippen LogP contribution in [-0.4, -0.2) is 5.84 Å². The third kappa shape index (κ3) is 5.36. The maximum atomic E-state index is 7.01. The molecule has 0 bridgehead atoms. The van der Waals surface area contributed by atoms with Gasteiger partial charge in [-0.25, -0.2) is 4.99 Å². The fraction of sp³-hybridized carbons (Fsp3) is 0.0755. The van der Waals surface area contributed by atoms with Crippen LogP contribution in [0.5, 0.6) is 0 Å². The van der Waals surface area contributed by atoms with Crippen LogP contribution in [0, 0.1) is 0 Å². The van der Waals surface area contributed by atoms with Crippen molar-refractivity contribution in [3.63, 3.8) is 0 Å². The molecule has 0 unspecified atom stereocenters. The van der Waals surface area contributed by atoms with Crippen LogP contribution in [0.4, 0.5) is 0 Å². The third-order valence-corrected chi connectivity index (χ3v) is 11.8. The fourth-order valence-electron chi connectivity index (χ4n) is 9.06. The highest BCUT2D eigenvalue weighted by Crippen LogP contribution is 2.55. The molecule has 2 heteroatoms. The lowest BCUT2D eigenvalue weighted by molar-refractivity contribution is 0.661. The van der Waals surface area contributed by atoms with E-state index in [4.69, 9.17) is 10.7 Å². The van der Waals surface area contributed by atoms with Gasteiger partial charge in [0.2, 0.25) is 0 Å². The van der Waals surface area contributed by atoms with E-state index < -0.39 is 0 Å². The monoisotopic (exact) mass is 704 g/mol. The Morgan fingerprint density at radius 1 is 0.473 bits per heavy atom. The highest BCUT2D eigenvalue weighted by atomic mass is 14.9. The first-order chi connectivity index (χ1) is 27.0. The highest BCUT2D eigenvalue weighted by molar-refractivity contribution is 6.13. The average Bonchev–Trinajstić information content (AvgIpc) is 3.48. The van der Waals surface area contributed by atoms with E-state index in [1.807, 2.05) is 0 Å². The summed E-state index contributed by atoms with van der Waals surface area (Å²) in [6, 6.07) is 63.4. The van der Waals surface area contributed by atoms with Crippen molar-refractivity contribution in [2.24, 2.45) is 10.7 Å². The largest absolute Gasteiger partial charge is 0.383 e. The van der Waals surface area contributed by atoms with Crippen molar-refractivity contribution in [3.8, 4) is 22.3 Å². The normalized spacial score (nSPS) is 13.8. The van der Waals surface area contributed by atoms with Crippen molar-refractivity contribution < 1.29 is 0 Å². The number of benzene rings is 9. The molecule has 9 aromatic carbocycles. The summed E-state index contributed by atoms with van der Waals surface area (Å²) in [6.45, 7) is 4.73. The molecule has 262 valence electrons. The van der Waals surface area contributed by atoms with Crippen LogP contribution in [0.1, 0.15) is 41.7 Å². The molecule has 0 fully saturated rings. The first-order valence-corrected chi connectivity index (χ1v) is 19.1. The van der Waals surface area contributed by atoms with Gasteiger partial charge in [0, 0.05) is 16.5 Å². The van der Waals surface area contributed by atoms with Crippen LogP contribution in [0.2, 0.25) is 0 Å². The maximum Gasteiger partial charge on any atom is 0.131 e. The molecular formula is C53H40N2. The second-order valence-electron chi connectivity index (χ2n) is 15.2. The molecule has 0 radical (unpaired) electrons. The molecule has 1 aliphatic rings. The molecule has 0 spiro atoms. The Morgan fingerprint density at radius 2 is 1.05 bits per heavy atom. The van der Waals surface area contributed by atoms with E-state index in [0.717, 1.165) is 33.0 Å². The minimum Gasteiger partial charge on any atom is -0.383 e. The number of rotatable bonds is 6. The zero-order valence-electron chi connectivity index (χ0n) is 31.1. The van der Waals surface area contributed by atoms with E-state index in [2.05, 4.69) is 196 Å². The summed E-state index contributed by atoms with van der Waals surface area (Å²) in [7, 11) is 0. The average molecular weight is 705 g/mol. The molecule has 1 aliphatic carbocycles. The van der Waals surface area contributed by atoms with Crippen LogP contribution in [-0.2, 0) is 11.8 Å². The van der Waals surface area contributed by atoms with Crippen LogP contribution in [0.25, 0.3) is 71.0 Å². The van der Waals surface area contributed by atoms with E-state index >= 15 is 0 Å². The summed E-state index contributed by atoms with van der Waals surface area (Å²) in [5, 5.41) is 9.62. The maximum absolute atomic E-state index is 7.01. The SMILES string of the molecule is CC1(C)c2cccc(-c3ccc(/C(=C/Cc4cccc5ccccc45)N=C(N)c4cccc5ccccc45)c4ccccc34)c2-c2c1ccc1ccccc21. The molecule has 2 nitrogen and oxygen atoms in total. The standard InChI is InChI=1S/C53H40N2/c1-53(2)47-27-13-25-45(51(47)50-40-22-8-5-16-37(40)28-32-48(50)53)43-30-31-44(42-24-10-9-23-41(42)43)49(33-29-36-18-11-17-34-14-3-6-20-38(34)36)55-52(54)46-26-12-19-35-15-4-7-21-39(35)46/h3-28,30-33H,29H2,1-2H3,(H2,54,55)/b49-33-. The molecule has 2 N–H and O–H groups in total. The number of fused-ring (bicyclic) bond motifs is 8. The quantitative estimate of drug-likeness (QED) is 0.136.